The maximum atomic E-state index is 11.7. The van der Waals surface area contributed by atoms with Crippen LogP contribution in [0.3, 0.4) is 0 Å². The smallest absolute Gasteiger partial charge is 0.290 e. The van der Waals surface area contributed by atoms with Crippen LogP contribution in [0.4, 0.5) is 17.1 Å². The van der Waals surface area contributed by atoms with Crippen molar-refractivity contribution in [2.75, 3.05) is 25.7 Å². The molecule has 3 rings (SSSR count). The highest BCUT2D eigenvalue weighted by atomic mass is 16.5. The van der Waals surface area contributed by atoms with Gasteiger partial charge >= 0.3 is 0 Å². The molecule has 0 fully saturated rings. The maximum absolute atomic E-state index is 11.7. The van der Waals surface area contributed by atoms with E-state index in [4.69, 9.17) is 14.2 Å². The molecule has 3 aromatic carbocycles. The van der Waals surface area contributed by atoms with Crippen molar-refractivity contribution in [1.82, 2.24) is 5.32 Å². The molecule has 0 spiro atoms. The van der Waals surface area contributed by atoms with Gasteiger partial charge in [-0.15, -0.1) is 0 Å². The van der Waals surface area contributed by atoms with Gasteiger partial charge < -0.3 is 24.4 Å². The molecule has 1 N–H and O–H groups in total. The Morgan fingerprint density at radius 1 is 0.861 bits per heavy atom. The number of aldehydes is 1. The van der Waals surface area contributed by atoms with Gasteiger partial charge in [-0.1, -0.05) is 12.1 Å². The van der Waals surface area contributed by atoms with E-state index in [9.17, 15) is 4.79 Å². The molecular formula is C29H33N3O4. The van der Waals surface area contributed by atoms with Gasteiger partial charge in [0.1, 0.15) is 11.5 Å². The van der Waals surface area contributed by atoms with Gasteiger partial charge in [-0.3, -0.25) is 4.79 Å². The number of carbonyl (C=O) groups is 1. The Bertz CT molecular complexity index is 1120. The number of benzene rings is 3. The van der Waals surface area contributed by atoms with Crippen LogP contribution in [0.15, 0.2) is 83.5 Å². The summed E-state index contributed by atoms with van der Waals surface area (Å²) in [4.78, 5) is 18.1. The molecular weight excluding hydrogens is 454 g/mol. The number of methoxy groups -OCH3 is 2. The van der Waals surface area contributed by atoms with Gasteiger partial charge in [-0.25, -0.2) is 4.99 Å². The second-order valence-corrected chi connectivity index (χ2v) is 8.17. The highest BCUT2D eigenvalue weighted by Gasteiger charge is 2.13. The number of allylic oxidation sites excluding steroid dienone is 1. The lowest BCUT2D eigenvalue weighted by molar-refractivity contribution is -0.106. The van der Waals surface area contributed by atoms with Gasteiger partial charge in [-0.05, 0) is 93.1 Å². The lowest BCUT2D eigenvalue weighted by Gasteiger charge is -2.26. The van der Waals surface area contributed by atoms with Gasteiger partial charge in [0.05, 0.1) is 14.2 Å². The minimum Gasteiger partial charge on any atom is -0.497 e. The first kappa shape index (κ1) is 26.3. The fourth-order valence-electron chi connectivity index (χ4n) is 3.49. The summed E-state index contributed by atoms with van der Waals surface area (Å²) in [6, 6.07) is 24.1. The van der Waals surface area contributed by atoms with Crippen LogP contribution in [0.2, 0.25) is 0 Å². The molecule has 7 heteroatoms. The minimum atomic E-state index is 0.129. The van der Waals surface area contributed by atoms with Gasteiger partial charge in [0.15, 0.2) is 12.0 Å². The topological polar surface area (TPSA) is 72.4 Å². The molecule has 0 saturated carbocycles. The zero-order valence-corrected chi connectivity index (χ0v) is 21.4. The number of rotatable bonds is 10. The lowest BCUT2D eigenvalue weighted by atomic mass is 10.1. The molecule has 0 heterocycles. The summed E-state index contributed by atoms with van der Waals surface area (Å²) in [6.45, 7) is 6.41. The molecule has 0 aliphatic heterocycles. The van der Waals surface area contributed by atoms with Gasteiger partial charge in [0, 0.05) is 29.6 Å². The molecule has 188 valence electrons. The Morgan fingerprint density at radius 2 is 1.33 bits per heavy atom. The Balaban J connectivity index is 1.92. The molecule has 0 radical (unpaired) electrons. The molecule has 36 heavy (non-hydrogen) atoms. The molecule has 0 amide bonds. The SMILES string of the molecule is CCN=C(NC(C)C)O/C(C=O)=C/c1ccc(N(c2ccc(OC)cc2)c2ccc(OC)cc2)cc1. The Hall–Kier alpha value is -4.26. The third kappa shape index (κ3) is 7.12. The number of anilines is 3. The van der Waals surface area contributed by atoms with Crippen molar-refractivity contribution in [3.8, 4) is 11.5 Å². The van der Waals surface area contributed by atoms with Gasteiger partial charge in [0.25, 0.3) is 6.02 Å². The van der Waals surface area contributed by atoms with Crippen LogP contribution >= 0.6 is 0 Å². The number of nitrogens with one attached hydrogen (secondary N) is 1. The molecule has 0 aliphatic rings. The molecule has 3 aromatic rings. The number of carbonyl (C=O) groups excluding carboxylic acids is 1. The second kappa shape index (κ2) is 13.0. The molecule has 0 bridgehead atoms. The number of amidine groups is 1. The summed E-state index contributed by atoms with van der Waals surface area (Å²) >= 11 is 0. The van der Waals surface area contributed by atoms with Gasteiger partial charge in [-0.2, -0.15) is 0 Å². The Morgan fingerprint density at radius 3 is 1.72 bits per heavy atom. The fraction of sp³-hybridized carbons (Fsp3) is 0.241. The first-order chi connectivity index (χ1) is 17.5. The largest absolute Gasteiger partial charge is 0.497 e. The normalized spacial score (nSPS) is 11.7. The monoisotopic (exact) mass is 487 g/mol. The Kier molecular flexibility index (Phi) is 9.51. The number of aliphatic imine (C=N–C) groups is 1. The van der Waals surface area contributed by atoms with Crippen LogP contribution in [-0.2, 0) is 9.53 Å². The minimum absolute atomic E-state index is 0.129. The standard InChI is InChI=1S/C29H33N3O4/c1-6-30-29(31-21(2)3)36-28(20-33)19-22-7-9-23(10-8-22)32(24-11-15-26(34-4)16-12-24)25-13-17-27(35-5)18-14-25/h7-21H,6H2,1-5H3,(H,30,31)/b28-19+. The van der Waals surface area contributed by atoms with Crippen molar-refractivity contribution in [3.63, 3.8) is 0 Å². The van der Waals surface area contributed by atoms with E-state index < -0.39 is 0 Å². The summed E-state index contributed by atoms with van der Waals surface area (Å²) in [5.41, 5.74) is 3.72. The summed E-state index contributed by atoms with van der Waals surface area (Å²) in [6.07, 6.45) is 2.37. The zero-order chi connectivity index (χ0) is 25.9. The van der Waals surface area contributed by atoms with Crippen molar-refractivity contribution in [2.24, 2.45) is 4.99 Å². The van der Waals surface area contributed by atoms with Crippen molar-refractivity contribution >= 4 is 35.4 Å². The summed E-state index contributed by atoms with van der Waals surface area (Å²) < 4.78 is 16.4. The van der Waals surface area contributed by atoms with Crippen molar-refractivity contribution in [2.45, 2.75) is 26.8 Å². The van der Waals surface area contributed by atoms with Crippen molar-refractivity contribution < 1.29 is 19.0 Å². The first-order valence-corrected chi connectivity index (χ1v) is 11.8. The highest BCUT2D eigenvalue weighted by molar-refractivity contribution is 5.86. The van der Waals surface area contributed by atoms with E-state index in [1.165, 1.54) is 0 Å². The number of ether oxygens (including phenoxy) is 3. The maximum Gasteiger partial charge on any atom is 0.290 e. The van der Waals surface area contributed by atoms with E-state index in [1.54, 1.807) is 20.3 Å². The second-order valence-electron chi connectivity index (χ2n) is 8.17. The number of hydrogen-bond acceptors (Lipinski definition) is 6. The molecule has 7 nitrogen and oxygen atoms in total. The average Bonchev–Trinajstić information content (AvgIpc) is 2.90. The number of nitrogens with zero attached hydrogens (tertiary/aromatic N) is 2. The van der Waals surface area contributed by atoms with E-state index in [0.29, 0.717) is 18.9 Å². The van der Waals surface area contributed by atoms with Crippen LogP contribution < -0.4 is 19.7 Å². The Labute approximate surface area is 213 Å². The average molecular weight is 488 g/mol. The van der Waals surface area contributed by atoms with Gasteiger partial charge in [0.2, 0.25) is 0 Å². The molecule has 0 saturated heterocycles. The molecule has 0 aromatic heterocycles. The van der Waals surface area contributed by atoms with Crippen molar-refractivity contribution in [3.05, 3.63) is 84.1 Å². The quantitative estimate of drug-likeness (QED) is 0.122. The zero-order valence-electron chi connectivity index (χ0n) is 21.4. The van der Waals surface area contributed by atoms with Crippen LogP contribution in [0, 0.1) is 0 Å². The van der Waals surface area contributed by atoms with Crippen LogP contribution in [0.5, 0.6) is 11.5 Å². The predicted molar refractivity (Wildman–Crippen MR) is 146 cm³/mol. The van der Waals surface area contributed by atoms with Crippen LogP contribution in [0.1, 0.15) is 26.3 Å². The third-order valence-corrected chi connectivity index (χ3v) is 5.17. The molecule has 0 atom stereocenters. The lowest BCUT2D eigenvalue weighted by Crippen LogP contribution is -2.32. The summed E-state index contributed by atoms with van der Waals surface area (Å²) in [5, 5.41) is 3.11. The fourth-order valence-corrected chi connectivity index (χ4v) is 3.49. The molecule has 0 aliphatic carbocycles. The van der Waals surface area contributed by atoms with E-state index in [1.807, 2.05) is 93.6 Å². The van der Waals surface area contributed by atoms with Crippen LogP contribution in [-0.4, -0.2) is 39.1 Å². The third-order valence-electron chi connectivity index (χ3n) is 5.17. The predicted octanol–water partition coefficient (Wildman–Crippen LogP) is 6.10. The van der Waals surface area contributed by atoms with E-state index >= 15 is 0 Å². The van der Waals surface area contributed by atoms with E-state index in [0.717, 1.165) is 34.1 Å². The van der Waals surface area contributed by atoms with Crippen molar-refractivity contribution in [1.29, 1.82) is 0 Å². The summed E-state index contributed by atoms with van der Waals surface area (Å²) in [5.74, 6) is 1.74. The molecule has 0 unspecified atom stereocenters. The number of hydrogen-bond donors (Lipinski definition) is 1. The highest BCUT2D eigenvalue weighted by Crippen LogP contribution is 2.36. The van der Waals surface area contributed by atoms with Crippen LogP contribution in [0.25, 0.3) is 6.08 Å². The summed E-state index contributed by atoms with van der Waals surface area (Å²) in [7, 11) is 3.30. The first-order valence-electron chi connectivity index (χ1n) is 11.8. The van der Waals surface area contributed by atoms with E-state index in [-0.39, 0.29) is 11.8 Å². The van der Waals surface area contributed by atoms with E-state index in [2.05, 4.69) is 15.2 Å².